The summed E-state index contributed by atoms with van der Waals surface area (Å²) < 4.78 is 79.8. The quantitative estimate of drug-likeness (QED) is 0.0137. The molecule has 88 heavy (non-hydrogen) atoms. The minimum Gasteiger partial charge on any atom is -0.396 e. The summed E-state index contributed by atoms with van der Waals surface area (Å²) >= 11 is 5.94. The molecular formula is C58H73Cl2F4N16O6Si2+. The van der Waals surface area contributed by atoms with Crippen molar-refractivity contribution in [2.24, 2.45) is 0 Å². The molecule has 0 saturated carbocycles. The van der Waals surface area contributed by atoms with Crippen LogP contribution in [0.2, 0.25) is 56.7 Å². The standard InChI is InChI=1S/C29H36F2N8O3Si.C19H21ClF2N4O3Si.C10H15N4.ClH/c1-36-12-14-37(15-13-36)25-9-8-22(19-32-25)33-28-34-26(29(30,31)21-6-5-7-23(18-21)39(40)41)24-10-11-38(27(24)35-28)20-42-16-17-43(2,3)4;1-30(2,3)10-9-29-12-25-8-7-15-16(23-18(20)24-17(15)25)19(21,22)13-5-4-6-14(11-13)26(27)28;1-13-4-6-14(7-5-13)10-3-2-9(11)8-12-10;/h5-11,18-19H,12-17,20H2,1-4H3,(H,33,34,35);4-8,11H,9-10,12H2,1-3H3;2-3,6,8H,4-5,7,11H2,1H3;1H/q;;+1;. The minimum atomic E-state index is -3.65. The van der Waals surface area contributed by atoms with E-state index in [0.29, 0.717) is 24.6 Å². The van der Waals surface area contributed by atoms with E-state index < -0.39 is 71.7 Å². The third kappa shape index (κ3) is 17.8. The van der Waals surface area contributed by atoms with Crippen LogP contribution in [0, 0.1) is 20.2 Å². The van der Waals surface area contributed by atoms with Crippen molar-refractivity contribution in [1.29, 1.82) is 0 Å². The summed E-state index contributed by atoms with van der Waals surface area (Å²) in [6.45, 7) is 21.5. The maximum absolute atomic E-state index is 16.1. The molecule has 3 N–H and O–H groups in total. The molecule has 2 aliphatic heterocycles. The Morgan fingerprint density at radius 2 is 1.23 bits per heavy atom. The van der Waals surface area contributed by atoms with E-state index in [0.717, 1.165) is 99.9 Å². The number of rotatable bonds is 20. The first-order chi connectivity index (χ1) is 41.1. The summed E-state index contributed by atoms with van der Waals surface area (Å²) in [7, 11) is 1.63. The number of nitrogens with one attached hydrogen (secondary N) is 1. The number of benzene rings is 2. The summed E-state index contributed by atoms with van der Waals surface area (Å²) in [4.78, 5) is 53.1. The van der Waals surface area contributed by atoms with Crippen molar-refractivity contribution >= 4 is 109 Å². The second kappa shape index (κ2) is 29.2. The minimum absolute atomic E-state index is 0. The first-order valence-corrected chi connectivity index (χ1v) is 35.9. The number of non-ortho nitro benzene ring substituents is 2. The van der Waals surface area contributed by atoms with E-state index in [-0.39, 0.29) is 59.2 Å². The summed E-state index contributed by atoms with van der Waals surface area (Å²) in [6.07, 6.45) is 8.69. The number of halogens is 6. The number of likely N-dealkylation sites (N-methyl/N-ethyl adjacent to an activating group) is 2. The zero-order valence-corrected chi connectivity index (χ0v) is 53.8. The van der Waals surface area contributed by atoms with E-state index in [4.69, 9.17) is 26.8 Å². The number of ether oxygens (including phenoxy) is 2. The van der Waals surface area contributed by atoms with Crippen LogP contribution in [0.25, 0.3) is 22.1 Å². The molecule has 1 fully saturated rings. The Balaban J connectivity index is 0.000000211. The zero-order valence-electron chi connectivity index (χ0n) is 50.2. The molecule has 0 bridgehead atoms. The molecule has 0 radical (unpaired) electrons. The molecule has 2 aromatic carbocycles. The molecule has 22 nitrogen and oxygen atoms in total. The normalized spacial score (nSPS) is 14.3. The van der Waals surface area contributed by atoms with Crippen LogP contribution in [-0.4, -0.2) is 159 Å². The number of aromatic nitrogens is 8. The number of hydrogen-bond donors (Lipinski definition) is 2. The van der Waals surface area contributed by atoms with Crippen LogP contribution in [-0.2, 0) is 34.8 Å². The Morgan fingerprint density at radius 3 is 1.70 bits per heavy atom. The number of nitrogens with zero attached hydrogens (tertiary/aromatic N) is 14. The van der Waals surface area contributed by atoms with Crippen LogP contribution >= 0.6 is 24.0 Å². The predicted molar refractivity (Wildman–Crippen MR) is 342 cm³/mol. The molecule has 0 unspecified atom stereocenters. The van der Waals surface area contributed by atoms with Crippen molar-refractivity contribution in [3.8, 4) is 0 Å². The predicted octanol–water partition coefficient (Wildman–Crippen LogP) is 11.9. The molecule has 0 atom stereocenters. The molecule has 0 aliphatic carbocycles. The smallest absolute Gasteiger partial charge is 0.322 e. The highest BCUT2D eigenvalue weighted by atomic mass is 35.5. The molecule has 6 aromatic heterocycles. The highest BCUT2D eigenvalue weighted by molar-refractivity contribution is 6.76. The number of fused-ring (bicyclic) bond motifs is 2. The van der Waals surface area contributed by atoms with Gasteiger partial charge in [0.15, 0.2) is 6.20 Å². The van der Waals surface area contributed by atoms with Crippen LogP contribution in [0.1, 0.15) is 22.5 Å². The number of nitro benzene ring substituents is 2. The fourth-order valence-corrected chi connectivity index (χ4v) is 10.8. The van der Waals surface area contributed by atoms with Crippen molar-refractivity contribution in [3.63, 3.8) is 0 Å². The van der Waals surface area contributed by atoms with E-state index >= 15 is 17.6 Å². The fourth-order valence-electron chi connectivity index (χ4n) is 9.12. The van der Waals surface area contributed by atoms with E-state index in [1.165, 1.54) is 30.3 Å². The van der Waals surface area contributed by atoms with Gasteiger partial charge in [-0.15, -0.1) is 12.4 Å². The number of piperazine rings is 1. The van der Waals surface area contributed by atoms with Gasteiger partial charge in [-0.25, -0.2) is 19.5 Å². The molecule has 2 aliphatic rings. The van der Waals surface area contributed by atoms with Crippen molar-refractivity contribution in [1.82, 2.24) is 48.8 Å². The van der Waals surface area contributed by atoms with Gasteiger partial charge in [-0.3, -0.25) is 25.1 Å². The Bertz CT molecular complexity index is 3720. The zero-order chi connectivity index (χ0) is 62.8. The number of alkyl halides is 4. The first-order valence-electron chi connectivity index (χ1n) is 28.1. The molecule has 0 amide bonds. The van der Waals surface area contributed by atoms with Gasteiger partial charge in [0.1, 0.15) is 48.5 Å². The molecule has 1 saturated heterocycles. The lowest BCUT2D eigenvalue weighted by Crippen LogP contribution is -2.44. The van der Waals surface area contributed by atoms with Gasteiger partial charge in [0.2, 0.25) is 11.2 Å². The van der Waals surface area contributed by atoms with Gasteiger partial charge in [-0.1, -0.05) is 63.5 Å². The Kier molecular flexibility index (Phi) is 22.5. The highest BCUT2D eigenvalue weighted by Crippen LogP contribution is 2.42. The maximum atomic E-state index is 16.1. The van der Waals surface area contributed by atoms with E-state index in [1.807, 2.05) is 24.3 Å². The first kappa shape index (κ1) is 67.9. The molecule has 8 heterocycles. The average Bonchev–Trinajstić information content (AvgIpc) is 1.52. The topological polar surface area (TPSA) is 243 Å². The fraction of sp³-hybridized carbons (Fsp3) is 0.397. The number of nitrogens with two attached hydrogens (primary N) is 1. The van der Waals surface area contributed by atoms with Gasteiger partial charge in [0.05, 0.1) is 40.2 Å². The third-order valence-corrected chi connectivity index (χ3v) is 17.9. The SMILES string of the molecule is CN1CC=[N+](c2ccc(N)cn2)CC1.CN1CCN(c2ccc(Nc3nc(C(F)(F)c4cccc([N+](=O)[O-])c4)c4ccn(COCC[Si](C)(C)C)c4n3)cn2)CC1.C[Si](C)(C)CCOCn1ccc2c(C(F)(F)c3cccc([N+](=O)[O-])c3)nc(Cl)nc21.Cl. The highest BCUT2D eigenvalue weighted by Gasteiger charge is 2.41. The Hall–Kier alpha value is -7.58. The van der Waals surface area contributed by atoms with E-state index in [1.54, 1.807) is 33.9 Å². The number of anilines is 4. The Morgan fingerprint density at radius 1 is 0.682 bits per heavy atom. The van der Waals surface area contributed by atoms with Crippen molar-refractivity contribution in [2.75, 3.05) is 89.1 Å². The summed E-state index contributed by atoms with van der Waals surface area (Å²) in [5.74, 6) is -5.51. The van der Waals surface area contributed by atoms with Gasteiger partial charge < -0.3 is 39.5 Å². The van der Waals surface area contributed by atoms with E-state index in [2.05, 4.69) is 114 Å². The lowest BCUT2D eigenvalue weighted by molar-refractivity contribution is -0.447. The average molecular weight is 1290 g/mol. The number of nitro groups is 2. The van der Waals surface area contributed by atoms with Crippen LogP contribution in [0.4, 0.5) is 57.9 Å². The molecule has 0 spiro atoms. The second-order valence-corrected chi connectivity index (χ2v) is 35.2. The Labute approximate surface area is 520 Å². The largest absolute Gasteiger partial charge is 0.396 e. The molecule has 30 heteroatoms. The van der Waals surface area contributed by atoms with Crippen LogP contribution in [0.15, 0.2) is 110 Å². The molecule has 10 rings (SSSR count). The second-order valence-electron chi connectivity index (χ2n) is 23.7. The maximum Gasteiger partial charge on any atom is 0.322 e. The monoisotopic (exact) mass is 1290 g/mol. The van der Waals surface area contributed by atoms with Crippen LogP contribution in [0.5, 0.6) is 0 Å². The summed E-state index contributed by atoms with van der Waals surface area (Å²) in [5.41, 5.74) is 4.16. The lowest BCUT2D eigenvalue weighted by Gasteiger charge is -2.33. The van der Waals surface area contributed by atoms with Crippen LogP contribution < -0.4 is 16.0 Å². The van der Waals surface area contributed by atoms with Crippen molar-refractivity contribution < 1.29 is 41.5 Å². The number of hydrogen-bond acceptors (Lipinski definition) is 17. The van der Waals surface area contributed by atoms with Gasteiger partial charge >= 0.3 is 17.7 Å². The number of pyridine rings is 2. The van der Waals surface area contributed by atoms with Gasteiger partial charge in [0.25, 0.3) is 11.4 Å². The lowest BCUT2D eigenvalue weighted by atomic mass is 10.0. The third-order valence-electron chi connectivity index (χ3n) is 14.3. The van der Waals surface area contributed by atoms with E-state index in [9.17, 15) is 20.2 Å². The molecular weight excluding hydrogens is 1220 g/mol. The van der Waals surface area contributed by atoms with Gasteiger partial charge in [-0.2, -0.15) is 27.5 Å². The number of nitrogen functional groups attached to an aromatic ring is 1. The molecule has 8 aromatic rings. The summed E-state index contributed by atoms with van der Waals surface area (Å²) in [5, 5.41) is 25.2. The van der Waals surface area contributed by atoms with Crippen LogP contribution in [0.3, 0.4) is 0 Å². The van der Waals surface area contributed by atoms with Gasteiger partial charge in [0, 0.05) is 127 Å². The molecule has 470 valence electrons. The van der Waals surface area contributed by atoms with Crippen molar-refractivity contribution in [2.45, 2.75) is 76.7 Å². The van der Waals surface area contributed by atoms with Crippen molar-refractivity contribution in [3.05, 3.63) is 158 Å². The van der Waals surface area contributed by atoms with Gasteiger partial charge in [-0.05, 0) is 73.1 Å². The summed E-state index contributed by atoms with van der Waals surface area (Å²) in [6, 6.07) is 21.2.